The zero-order valence-corrected chi connectivity index (χ0v) is 34.5. The largest absolute Gasteiger partial charge is 0.508 e. The Kier molecular flexibility index (Phi) is 19.4. The number of alkyl halides is 7. The highest BCUT2D eigenvalue weighted by molar-refractivity contribution is 5.80. The van der Waals surface area contributed by atoms with Crippen molar-refractivity contribution in [1.29, 1.82) is 0 Å². The molecule has 0 saturated carbocycles. The molecule has 4 rings (SSSR count). The first-order valence-electron chi connectivity index (χ1n) is 18.3. The summed E-state index contributed by atoms with van der Waals surface area (Å²) in [6, 6.07) is 23.4. The van der Waals surface area contributed by atoms with E-state index >= 15 is 0 Å². The van der Waals surface area contributed by atoms with Gasteiger partial charge in [-0.15, -0.1) is 0 Å². The first kappa shape index (κ1) is 53.7. The number of carbonyl (C=O) groups is 2. The molecule has 0 heterocycles. The molecule has 18 heteroatoms. The number of aromatic hydroxyl groups is 2. The summed E-state index contributed by atoms with van der Waals surface area (Å²) in [6.07, 6.45) is -9.27. The Morgan fingerprint density at radius 1 is 0.574 bits per heavy atom. The predicted molar refractivity (Wildman–Crippen MR) is 218 cm³/mol. The van der Waals surface area contributed by atoms with E-state index < -0.39 is 78.0 Å². The molecular formula is C43H55F7N4O7. The van der Waals surface area contributed by atoms with Gasteiger partial charge < -0.3 is 48.5 Å². The van der Waals surface area contributed by atoms with Crippen LogP contribution < -0.4 is 22.9 Å². The third kappa shape index (κ3) is 15.6. The number of carboxylic acid groups (broad SMARTS) is 2. The van der Waals surface area contributed by atoms with E-state index in [9.17, 15) is 45.4 Å². The van der Waals surface area contributed by atoms with Gasteiger partial charge in [0.2, 0.25) is 0 Å². The highest BCUT2D eigenvalue weighted by Gasteiger charge is 2.48. The highest BCUT2D eigenvalue weighted by atomic mass is 19.4. The van der Waals surface area contributed by atoms with Crippen LogP contribution in [0.25, 0.3) is 0 Å². The van der Waals surface area contributed by atoms with Gasteiger partial charge >= 0.3 is 18.1 Å². The van der Waals surface area contributed by atoms with Gasteiger partial charge in [-0.2, -0.15) is 13.2 Å². The van der Waals surface area contributed by atoms with Crippen LogP contribution in [0.4, 0.5) is 30.7 Å². The molecule has 0 amide bonds. The Labute approximate surface area is 349 Å². The molecule has 13 N–H and O–H groups in total. The van der Waals surface area contributed by atoms with Gasteiger partial charge in [-0.25, -0.2) is 22.4 Å². The van der Waals surface area contributed by atoms with Crippen LogP contribution in [0.1, 0.15) is 85.4 Å². The molecule has 0 bridgehead atoms. The number of benzene rings is 4. The van der Waals surface area contributed by atoms with Crippen molar-refractivity contribution in [1.82, 2.24) is 0 Å². The van der Waals surface area contributed by atoms with Crippen molar-refractivity contribution in [2.45, 2.75) is 94.2 Å². The number of aliphatic carboxylic acids is 2. The first-order valence-corrected chi connectivity index (χ1v) is 18.3. The maximum atomic E-state index is 13.8. The number of rotatable bonds is 12. The van der Waals surface area contributed by atoms with Gasteiger partial charge in [0.25, 0.3) is 0 Å². The number of carboxylic acids is 2. The molecule has 7 unspecified atom stereocenters. The summed E-state index contributed by atoms with van der Waals surface area (Å²) in [5, 5.41) is 45.3. The smallest absolute Gasteiger partial charge is 0.397 e. The average Bonchev–Trinajstić information content (AvgIpc) is 3.18. The van der Waals surface area contributed by atoms with Crippen molar-refractivity contribution in [3.05, 3.63) is 130 Å². The predicted octanol–water partition coefficient (Wildman–Crippen LogP) is 7.45. The van der Waals surface area contributed by atoms with Crippen molar-refractivity contribution in [2.24, 2.45) is 22.9 Å². The summed E-state index contributed by atoms with van der Waals surface area (Å²) >= 11 is 0. The fourth-order valence-corrected chi connectivity index (χ4v) is 5.28. The van der Waals surface area contributed by atoms with E-state index in [1.165, 1.54) is 88.4 Å². The fourth-order valence-electron chi connectivity index (χ4n) is 5.28. The van der Waals surface area contributed by atoms with Crippen molar-refractivity contribution in [3.63, 3.8) is 0 Å². The second-order valence-corrected chi connectivity index (χ2v) is 15.6. The molecule has 0 aliphatic carbocycles. The van der Waals surface area contributed by atoms with E-state index in [4.69, 9.17) is 43.4 Å². The van der Waals surface area contributed by atoms with Crippen LogP contribution in [0.15, 0.2) is 97.1 Å². The fraction of sp³-hybridized carbons (Fsp3) is 0.395. The Morgan fingerprint density at radius 3 is 1.23 bits per heavy atom. The molecule has 0 radical (unpaired) electrons. The minimum Gasteiger partial charge on any atom is -0.508 e. The summed E-state index contributed by atoms with van der Waals surface area (Å²) in [7, 11) is 0. The Hall–Kier alpha value is -5.27. The van der Waals surface area contributed by atoms with E-state index in [0.29, 0.717) is 0 Å². The van der Waals surface area contributed by atoms with Crippen LogP contribution in [0.5, 0.6) is 11.5 Å². The molecule has 0 fully saturated rings. The molecular weight excluding hydrogens is 817 g/mol. The van der Waals surface area contributed by atoms with Gasteiger partial charge in [0, 0.05) is 5.54 Å². The summed E-state index contributed by atoms with van der Waals surface area (Å²) in [5.74, 6) is -4.70. The monoisotopic (exact) mass is 872 g/mol. The normalized spacial score (nSPS) is 16.4. The van der Waals surface area contributed by atoms with E-state index in [2.05, 4.69) is 0 Å². The lowest BCUT2D eigenvalue weighted by Crippen LogP contribution is -2.55. The zero-order chi connectivity index (χ0) is 47.3. The number of aliphatic hydroxyl groups excluding tert-OH is 1. The lowest BCUT2D eigenvalue weighted by Gasteiger charge is -2.32. The first-order chi connectivity index (χ1) is 27.9. The lowest BCUT2D eigenvalue weighted by atomic mass is 9.82. The quantitative estimate of drug-likeness (QED) is 0.0634. The maximum Gasteiger partial charge on any atom is 0.397 e. The van der Waals surface area contributed by atoms with E-state index in [1.54, 1.807) is 36.4 Å². The van der Waals surface area contributed by atoms with Crippen molar-refractivity contribution in [2.75, 3.05) is 13.3 Å². The maximum absolute atomic E-state index is 13.8. The molecule has 61 heavy (non-hydrogen) atoms. The summed E-state index contributed by atoms with van der Waals surface area (Å²) in [5.41, 5.74) is 17.4. The van der Waals surface area contributed by atoms with Gasteiger partial charge in [-0.1, -0.05) is 83.9 Å². The van der Waals surface area contributed by atoms with Crippen LogP contribution in [0.3, 0.4) is 0 Å². The second kappa shape index (κ2) is 22.0. The number of aliphatic hydroxyl groups is 1. The van der Waals surface area contributed by atoms with E-state index in [-0.39, 0.29) is 33.8 Å². The van der Waals surface area contributed by atoms with Crippen molar-refractivity contribution < 1.29 is 65.9 Å². The summed E-state index contributed by atoms with van der Waals surface area (Å²) in [4.78, 5) is 21.5. The molecule has 4 aromatic carbocycles. The highest BCUT2D eigenvalue weighted by Crippen LogP contribution is 2.41. The van der Waals surface area contributed by atoms with Gasteiger partial charge in [0.05, 0.1) is 11.5 Å². The average molecular weight is 873 g/mol. The SMILES string of the molecule is CC(C)(N)C(c1ccc(O)cc1)C(F)(F)F.CC(N)(CF)C(F)c1ccc(O)cc1.Cc1ccc(C(F)C(C)(N)C(=O)O)cc1.Cc1ccc(C(O)C(N)(CF)C(=O)O)cc1. The Bertz CT molecular complexity index is 1950. The molecule has 0 aliphatic heterocycles. The third-order valence-corrected chi connectivity index (χ3v) is 9.21. The zero-order valence-electron chi connectivity index (χ0n) is 34.5. The minimum absolute atomic E-state index is 0.0416. The third-order valence-electron chi connectivity index (χ3n) is 9.21. The number of hydrogen-bond donors (Lipinski definition) is 9. The topological polar surface area (TPSA) is 239 Å². The Balaban J connectivity index is 0.000000407. The molecule has 0 aliphatic rings. The van der Waals surface area contributed by atoms with Crippen molar-refractivity contribution >= 4 is 11.9 Å². The van der Waals surface area contributed by atoms with Gasteiger partial charge in [0.1, 0.15) is 42.7 Å². The number of hydrogen-bond acceptors (Lipinski definition) is 9. The van der Waals surface area contributed by atoms with Gasteiger partial charge in [-0.3, -0.25) is 4.79 Å². The second-order valence-electron chi connectivity index (χ2n) is 15.6. The molecule has 0 aromatic heterocycles. The molecule has 11 nitrogen and oxygen atoms in total. The summed E-state index contributed by atoms with van der Waals surface area (Å²) < 4.78 is 91.0. The summed E-state index contributed by atoms with van der Waals surface area (Å²) in [6.45, 7) is 6.58. The van der Waals surface area contributed by atoms with Gasteiger partial charge in [0.15, 0.2) is 11.7 Å². The number of nitrogens with two attached hydrogens (primary N) is 4. The number of aryl methyl sites for hydroxylation is 2. The minimum atomic E-state index is -4.41. The van der Waals surface area contributed by atoms with E-state index in [1.807, 2.05) is 13.8 Å². The Morgan fingerprint density at radius 2 is 0.918 bits per heavy atom. The van der Waals surface area contributed by atoms with Crippen LogP contribution in [0, 0.1) is 13.8 Å². The number of phenolic OH excluding ortho intramolecular Hbond substituents is 2. The van der Waals surface area contributed by atoms with Crippen LogP contribution in [-0.2, 0) is 9.59 Å². The number of phenols is 2. The molecule has 4 aromatic rings. The molecule has 338 valence electrons. The van der Waals surface area contributed by atoms with Gasteiger partial charge in [-0.05, 0) is 88.1 Å². The number of halogens is 7. The molecule has 7 atom stereocenters. The molecule has 0 spiro atoms. The van der Waals surface area contributed by atoms with Crippen molar-refractivity contribution in [3.8, 4) is 11.5 Å². The van der Waals surface area contributed by atoms with Crippen LogP contribution >= 0.6 is 0 Å². The molecule has 0 saturated heterocycles. The van der Waals surface area contributed by atoms with E-state index in [0.717, 1.165) is 11.1 Å². The van der Waals surface area contributed by atoms with Crippen LogP contribution in [0.2, 0.25) is 0 Å². The standard InChI is InChI=1S/C11H14F3NO.C11H14FNO3.C11H14FNO2.C10H13F2NO/c1-10(2,15)9(11(12,13)14)7-3-5-8(16)6-4-7;1-7-2-4-8(5-3-7)9(14)11(13,6-12)10(15)16;1-7-3-5-8(6-4-7)9(12)11(2,13)10(14)15;1-10(13,6-11)9(12)7-2-4-8(14)5-3-7/h3-6,9,16H,15H2,1-2H3;2-5,9,14H,6,13H2,1H3,(H,15,16);3-6,9H,13H2,1-2H3,(H,14,15);2-5,9,14H,6,13H2,1H3. The van der Waals surface area contributed by atoms with Crippen LogP contribution in [-0.4, -0.2) is 79.2 Å². The lowest BCUT2D eigenvalue weighted by molar-refractivity contribution is -0.162.